The van der Waals surface area contributed by atoms with Crippen LogP contribution >= 0.6 is 0 Å². The van der Waals surface area contributed by atoms with Crippen molar-refractivity contribution < 1.29 is 19.0 Å². The van der Waals surface area contributed by atoms with Crippen molar-refractivity contribution >= 4 is 5.97 Å². The second-order valence-electron chi connectivity index (χ2n) is 4.07. The van der Waals surface area contributed by atoms with E-state index in [2.05, 4.69) is 4.98 Å². The zero-order valence-electron chi connectivity index (χ0n) is 10.3. The summed E-state index contributed by atoms with van der Waals surface area (Å²) < 4.78 is 18.4. The predicted molar refractivity (Wildman–Crippen MR) is 66.7 cm³/mol. The molecule has 0 aliphatic carbocycles. The predicted octanol–water partition coefficient (Wildman–Crippen LogP) is 2.81. The summed E-state index contributed by atoms with van der Waals surface area (Å²) in [5, 5.41) is 8.83. The van der Waals surface area contributed by atoms with Crippen LogP contribution in [0.5, 0.6) is 5.75 Å². The second kappa shape index (κ2) is 5.48. The highest BCUT2D eigenvalue weighted by molar-refractivity contribution is 5.87. The maximum Gasteiger partial charge on any atom is 0.337 e. The molecule has 0 unspecified atom stereocenters. The summed E-state index contributed by atoms with van der Waals surface area (Å²) in [5.41, 5.74) is 1.68. The first kappa shape index (κ1) is 13.0. The number of carbonyl (C=O) groups is 1. The fourth-order valence-corrected chi connectivity index (χ4v) is 1.60. The molecule has 2 aromatic rings. The lowest BCUT2D eigenvalue weighted by Gasteiger charge is -2.08. The van der Waals surface area contributed by atoms with Gasteiger partial charge < -0.3 is 9.84 Å². The van der Waals surface area contributed by atoms with Crippen LogP contribution in [0.2, 0.25) is 0 Å². The van der Waals surface area contributed by atoms with Crippen molar-refractivity contribution in [1.29, 1.82) is 0 Å². The molecule has 0 amide bonds. The Balaban J connectivity index is 2.10. The fourth-order valence-electron chi connectivity index (χ4n) is 1.60. The Bertz CT molecular complexity index is 613. The Labute approximate surface area is 109 Å². The van der Waals surface area contributed by atoms with Gasteiger partial charge >= 0.3 is 5.97 Å². The first-order chi connectivity index (χ1) is 9.06. The van der Waals surface area contributed by atoms with E-state index in [-0.39, 0.29) is 18.0 Å². The van der Waals surface area contributed by atoms with Gasteiger partial charge in [0.2, 0.25) is 0 Å². The number of carboxylic acids is 1. The molecule has 0 bridgehead atoms. The number of hydrogen-bond acceptors (Lipinski definition) is 3. The summed E-state index contributed by atoms with van der Waals surface area (Å²) in [7, 11) is 0. The quantitative estimate of drug-likeness (QED) is 0.919. The highest BCUT2D eigenvalue weighted by atomic mass is 19.1. The minimum atomic E-state index is -1.06. The molecule has 1 aromatic carbocycles. The number of ether oxygens (including phenoxy) is 1. The lowest BCUT2D eigenvalue weighted by Crippen LogP contribution is -2.01. The first-order valence-electron chi connectivity index (χ1n) is 5.62. The van der Waals surface area contributed by atoms with Crippen LogP contribution < -0.4 is 4.74 Å². The lowest BCUT2D eigenvalue weighted by atomic mass is 10.1. The van der Waals surface area contributed by atoms with E-state index in [1.165, 1.54) is 30.6 Å². The average Bonchev–Trinajstić information content (AvgIpc) is 2.38. The van der Waals surface area contributed by atoms with Crippen LogP contribution in [0.15, 0.2) is 36.7 Å². The zero-order valence-corrected chi connectivity index (χ0v) is 10.3. The van der Waals surface area contributed by atoms with Gasteiger partial charge in [0.25, 0.3) is 0 Å². The molecule has 0 spiro atoms. The number of aromatic nitrogens is 1. The van der Waals surface area contributed by atoms with Crippen molar-refractivity contribution in [3.63, 3.8) is 0 Å². The van der Waals surface area contributed by atoms with Crippen molar-refractivity contribution in [2.75, 3.05) is 0 Å². The van der Waals surface area contributed by atoms with Gasteiger partial charge in [-0.2, -0.15) is 0 Å². The molecule has 1 N–H and O–H groups in total. The molecule has 0 aliphatic rings. The van der Waals surface area contributed by atoms with Crippen LogP contribution in [-0.2, 0) is 6.61 Å². The standard InChI is InChI=1S/C14H12FNO3/c1-9-4-12(15)3-2-10(9)8-19-13-5-11(14(17)18)6-16-7-13/h2-7H,8H2,1H3,(H,17,18). The van der Waals surface area contributed by atoms with Crippen LogP contribution in [0.1, 0.15) is 21.5 Å². The number of rotatable bonds is 4. The van der Waals surface area contributed by atoms with E-state index in [1.807, 2.05) is 0 Å². The van der Waals surface area contributed by atoms with Crippen LogP contribution in [0.3, 0.4) is 0 Å². The van der Waals surface area contributed by atoms with Crippen LogP contribution in [0.4, 0.5) is 4.39 Å². The summed E-state index contributed by atoms with van der Waals surface area (Å²) in [4.78, 5) is 14.6. The summed E-state index contributed by atoms with van der Waals surface area (Å²) >= 11 is 0. The number of carboxylic acid groups (broad SMARTS) is 1. The van der Waals surface area contributed by atoms with Gasteiger partial charge in [0.1, 0.15) is 18.2 Å². The molecule has 5 heteroatoms. The highest BCUT2D eigenvalue weighted by Gasteiger charge is 2.06. The second-order valence-corrected chi connectivity index (χ2v) is 4.07. The third kappa shape index (κ3) is 3.28. The first-order valence-corrected chi connectivity index (χ1v) is 5.62. The van der Waals surface area contributed by atoms with Gasteiger partial charge in [0.15, 0.2) is 0 Å². The van der Waals surface area contributed by atoms with E-state index in [0.29, 0.717) is 5.75 Å². The molecule has 0 atom stereocenters. The summed E-state index contributed by atoms with van der Waals surface area (Å²) in [6.45, 7) is 2.02. The maximum atomic E-state index is 12.9. The summed E-state index contributed by atoms with van der Waals surface area (Å²) in [5.74, 6) is -0.990. The average molecular weight is 261 g/mol. The topological polar surface area (TPSA) is 59.4 Å². The van der Waals surface area contributed by atoms with Crippen molar-refractivity contribution in [2.24, 2.45) is 0 Å². The van der Waals surface area contributed by atoms with Crippen molar-refractivity contribution in [1.82, 2.24) is 4.98 Å². The van der Waals surface area contributed by atoms with Gasteiger partial charge in [-0.1, -0.05) is 6.07 Å². The van der Waals surface area contributed by atoms with Gasteiger partial charge in [0, 0.05) is 6.20 Å². The van der Waals surface area contributed by atoms with Crippen molar-refractivity contribution in [3.8, 4) is 5.75 Å². The minimum absolute atomic E-state index is 0.0633. The van der Waals surface area contributed by atoms with Crippen molar-refractivity contribution in [3.05, 3.63) is 59.2 Å². The number of hydrogen-bond donors (Lipinski definition) is 1. The zero-order chi connectivity index (χ0) is 13.8. The van der Waals surface area contributed by atoms with E-state index in [9.17, 15) is 9.18 Å². The molecule has 0 saturated heterocycles. The van der Waals surface area contributed by atoms with Gasteiger partial charge in [-0.3, -0.25) is 4.98 Å². The third-order valence-corrected chi connectivity index (χ3v) is 2.66. The van der Waals surface area contributed by atoms with Gasteiger partial charge in [-0.05, 0) is 36.2 Å². The van der Waals surface area contributed by atoms with E-state index < -0.39 is 5.97 Å². The van der Waals surface area contributed by atoms with Crippen LogP contribution in [0.25, 0.3) is 0 Å². The molecule has 0 aliphatic heterocycles. The van der Waals surface area contributed by atoms with E-state index in [0.717, 1.165) is 11.1 Å². The van der Waals surface area contributed by atoms with Crippen LogP contribution in [-0.4, -0.2) is 16.1 Å². The summed E-state index contributed by atoms with van der Waals surface area (Å²) in [6, 6.07) is 5.82. The molecule has 4 nitrogen and oxygen atoms in total. The normalized spacial score (nSPS) is 10.2. The summed E-state index contributed by atoms with van der Waals surface area (Å²) in [6.07, 6.45) is 2.68. The number of halogens is 1. The number of benzene rings is 1. The molecular weight excluding hydrogens is 249 g/mol. The number of aryl methyl sites for hydroxylation is 1. The Morgan fingerprint density at radius 3 is 2.84 bits per heavy atom. The van der Waals surface area contributed by atoms with Gasteiger partial charge in [-0.25, -0.2) is 9.18 Å². The molecule has 0 radical (unpaired) electrons. The number of nitrogens with zero attached hydrogens (tertiary/aromatic N) is 1. The number of aromatic carboxylic acids is 1. The Morgan fingerprint density at radius 1 is 1.37 bits per heavy atom. The minimum Gasteiger partial charge on any atom is -0.487 e. The molecule has 0 saturated carbocycles. The van der Waals surface area contributed by atoms with Crippen molar-refractivity contribution in [2.45, 2.75) is 13.5 Å². The fraction of sp³-hybridized carbons (Fsp3) is 0.143. The molecular formula is C14H12FNO3. The lowest BCUT2D eigenvalue weighted by molar-refractivity contribution is 0.0696. The molecule has 98 valence electrons. The molecule has 2 rings (SSSR count). The van der Waals surface area contributed by atoms with Crippen LogP contribution in [0, 0.1) is 12.7 Å². The van der Waals surface area contributed by atoms with Gasteiger partial charge in [0.05, 0.1) is 11.8 Å². The highest BCUT2D eigenvalue weighted by Crippen LogP contribution is 2.16. The third-order valence-electron chi connectivity index (χ3n) is 2.66. The Morgan fingerprint density at radius 2 is 2.16 bits per heavy atom. The van der Waals surface area contributed by atoms with E-state index in [4.69, 9.17) is 9.84 Å². The largest absolute Gasteiger partial charge is 0.487 e. The Kier molecular flexibility index (Phi) is 3.75. The molecule has 19 heavy (non-hydrogen) atoms. The van der Waals surface area contributed by atoms with Gasteiger partial charge in [-0.15, -0.1) is 0 Å². The smallest absolute Gasteiger partial charge is 0.337 e. The number of pyridine rings is 1. The monoisotopic (exact) mass is 261 g/mol. The Hall–Kier alpha value is -2.43. The van der Waals surface area contributed by atoms with E-state index in [1.54, 1.807) is 13.0 Å². The maximum absolute atomic E-state index is 12.9. The molecule has 1 heterocycles. The SMILES string of the molecule is Cc1cc(F)ccc1COc1cncc(C(=O)O)c1. The molecule has 0 fully saturated rings. The molecule has 1 aromatic heterocycles. The van der Waals surface area contributed by atoms with E-state index >= 15 is 0 Å².